The molecule has 0 saturated heterocycles. The van der Waals surface area contributed by atoms with Gasteiger partial charge in [0.25, 0.3) is 5.91 Å². The van der Waals surface area contributed by atoms with E-state index in [1.54, 1.807) is 47.5 Å². The van der Waals surface area contributed by atoms with Crippen molar-refractivity contribution in [2.45, 2.75) is 135 Å². The third-order valence-electron chi connectivity index (χ3n) is 14.5. The number of amides is 1. The van der Waals surface area contributed by atoms with E-state index in [9.17, 15) is 14.4 Å². The number of ether oxygens (including phenoxy) is 6. The van der Waals surface area contributed by atoms with Gasteiger partial charge in [0, 0.05) is 50.6 Å². The van der Waals surface area contributed by atoms with Gasteiger partial charge in [0.2, 0.25) is 0 Å². The molecule has 1 amide bonds. The third kappa shape index (κ3) is 11.8. The van der Waals surface area contributed by atoms with E-state index >= 15 is 0 Å². The maximum atomic E-state index is 13.2. The zero-order valence-electron chi connectivity index (χ0n) is 44.0. The van der Waals surface area contributed by atoms with E-state index in [0.717, 1.165) is 53.5 Å². The lowest BCUT2D eigenvalue weighted by molar-refractivity contribution is -0.147. The van der Waals surface area contributed by atoms with Crippen LogP contribution in [0.4, 0.5) is 0 Å². The van der Waals surface area contributed by atoms with Gasteiger partial charge in [-0.1, -0.05) is 56.7 Å². The lowest BCUT2D eigenvalue weighted by Gasteiger charge is -2.24. The second-order valence-corrected chi connectivity index (χ2v) is 20.5. The van der Waals surface area contributed by atoms with Crippen molar-refractivity contribution in [3.05, 3.63) is 95.1 Å². The van der Waals surface area contributed by atoms with E-state index < -0.39 is 23.0 Å². The van der Waals surface area contributed by atoms with E-state index in [1.807, 2.05) is 30.3 Å². The molecule has 73 heavy (non-hydrogen) atoms. The summed E-state index contributed by atoms with van der Waals surface area (Å²) in [7, 11) is 6.01. The number of carbonyl (C=O) groups is 3. The fraction of sp³-hybridized carbons (Fsp3) is 0.466. The van der Waals surface area contributed by atoms with Crippen LogP contribution in [-0.4, -0.2) is 85.2 Å². The Labute approximate surface area is 435 Å². The van der Waals surface area contributed by atoms with Gasteiger partial charge in [-0.3, -0.25) is 9.59 Å². The van der Waals surface area contributed by atoms with Crippen LogP contribution < -0.4 is 30.0 Å². The van der Waals surface area contributed by atoms with Crippen LogP contribution in [-0.2, 0) is 32.2 Å². The zero-order valence-corrected chi connectivity index (χ0v) is 44.9. The molecule has 2 aliphatic heterocycles. The van der Waals surface area contributed by atoms with Gasteiger partial charge in [0.1, 0.15) is 47.3 Å². The molecule has 2 aromatic heterocycles. The number of aryl methyl sites for hydroxylation is 1. The van der Waals surface area contributed by atoms with Crippen LogP contribution in [0.5, 0.6) is 23.0 Å². The molecular weight excluding hydrogens is 948 g/mol. The largest absolute Gasteiger partial charge is 0.497 e. The van der Waals surface area contributed by atoms with E-state index in [1.165, 1.54) is 110 Å². The molecule has 2 aliphatic carbocycles. The summed E-state index contributed by atoms with van der Waals surface area (Å²) in [6.45, 7) is 11.4. The molecule has 0 bridgehead atoms. The molecule has 6 aromatic rings. The first-order chi connectivity index (χ1) is 34.1. The average Bonchev–Trinajstić information content (AvgIpc) is 3.69. The lowest BCUT2D eigenvalue weighted by atomic mass is 9.81. The first-order valence-corrected chi connectivity index (χ1v) is 25.3. The number of nitrogens with zero attached hydrogens (tertiary/aromatic N) is 2. The number of benzene rings is 4. The van der Waals surface area contributed by atoms with Gasteiger partial charge in [-0.05, 0) is 131 Å². The SMILES string of the molecule is COC(=O)C(C)(C)N.COC(=O)C(C)(C)NC(=O)c1ccc2c(C3CCCCC3)c3n(c2c1)CCOc1cc(OC)ccc1-3.COc1ccc2c(c1)OCCn1c-2c(C2CCCCC2)c2ccc(C)cc21.Cl.O. The smallest absolute Gasteiger partial charge is 0.330 e. The standard InChI is InChI=1S/C29H34N2O5.C24H27NO2.C5H11NO2.ClH.H2O/c1-29(2,28(33)35-4)30-27(32)19-10-12-21-23(16-19)31-14-15-36-24-17-20(34-3)11-13-22(24)26(31)25(21)18-8-6-5-7-9-18;1-16-8-10-19-21(14-16)25-12-13-27-22-15-18(26-2)9-11-20(22)24(25)23(19)17-6-4-3-5-7-17;1-5(2,6)4(7)8-3;;/h10-13,16-18H,5-9,14-15H2,1-4H3,(H,30,32);8-11,14-15,17H,3-7,12-13H2,1-2H3;6H2,1-3H3;1H;1H2. The molecule has 0 spiro atoms. The van der Waals surface area contributed by atoms with Gasteiger partial charge >= 0.3 is 11.9 Å². The number of rotatable bonds is 8. The summed E-state index contributed by atoms with van der Waals surface area (Å²) >= 11 is 0. The summed E-state index contributed by atoms with van der Waals surface area (Å²) in [5.41, 5.74) is 15.3. The number of fused-ring (bicyclic) bond motifs is 10. The predicted molar refractivity (Wildman–Crippen MR) is 290 cm³/mol. The van der Waals surface area contributed by atoms with Crippen molar-refractivity contribution in [1.29, 1.82) is 0 Å². The molecule has 2 fully saturated rings. The number of nitrogens with one attached hydrogen (secondary N) is 1. The van der Waals surface area contributed by atoms with Gasteiger partial charge in [0.05, 0.1) is 52.9 Å². The average molecular weight is 1020 g/mol. The minimum Gasteiger partial charge on any atom is -0.497 e. The van der Waals surface area contributed by atoms with Crippen LogP contribution in [0.15, 0.2) is 72.8 Å². The minimum absolute atomic E-state index is 0. The van der Waals surface area contributed by atoms with Crippen molar-refractivity contribution in [1.82, 2.24) is 14.5 Å². The Bertz CT molecular complexity index is 2920. The molecule has 4 aromatic carbocycles. The summed E-state index contributed by atoms with van der Waals surface area (Å²) < 4.78 is 37.2. The maximum absolute atomic E-state index is 13.2. The molecule has 15 heteroatoms. The van der Waals surface area contributed by atoms with Crippen molar-refractivity contribution >= 4 is 52.1 Å². The monoisotopic (exact) mass is 1020 g/mol. The number of carbonyl (C=O) groups excluding carboxylic acids is 3. The quantitative estimate of drug-likeness (QED) is 0.139. The second kappa shape index (κ2) is 23.8. The number of methoxy groups -OCH3 is 4. The van der Waals surface area contributed by atoms with Gasteiger partial charge < -0.3 is 54.1 Å². The summed E-state index contributed by atoms with van der Waals surface area (Å²) in [6.07, 6.45) is 12.7. The molecule has 4 aliphatic rings. The highest BCUT2D eigenvalue weighted by molar-refractivity contribution is 6.03. The fourth-order valence-electron chi connectivity index (χ4n) is 11.0. The van der Waals surface area contributed by atoms with Crippen LogP contribution >= 0.6 is 12.4 Å². The predicted octanol–water partition coefficient (Wildman–Crippen LogP) is 11.0. The van der Waals surface area contributed by atoms with Gasteiger partial charge in [-0.25, -0.2) is 4.79 Å². The lowest BCUT2D eigenvalue weighted by Crippen LogP contribution is -2.50. The highest BCUT2D eigenvalue weighted by Crippen LogP contribution is 2.49. The van der Waals surface area contributed by atoms with Crippen molar-refractivity contribution < 1.29 is 48.3 Å². The molecule has 394 valence electrons. The van der Waals surface area contributed by atoms with Crippen LogP contribution in [0.25, 0.3) is 44.3 Å². The van der Waals surface area contributed by atoms with Crippen molar-refractivity contribution in [2.24, 2.45) is 5.73 Å². The Balaban J connectivity index is 0.000000208. The highest BCUT2D eigenvalue weighted by Gasteiger charge is 2.34. The van der Waals surface area contributed by atoms with Crippen molar-refractivity contribution in [3.8, 4) is 45.5 Å². The van der Waals surface area contributed by atoms with E-state index in [4.69, 9.17) is 29.4 Å². The molecule has 14 nitrogen and oxygen atoms in total. The first-order valence-electron chi connectivity index (χ1n) is 25.3. The summed E-state index contributed by atoms with van der Waals surface area (Å²) in [5.74, 6) is 3.32. The number of hydrogen-bond donors (Lipinski definition) is 2. The van der Waals surface area contributed by atoms with E-state index in [2.05, 4.69) is 68.6 Å². The number of halogens is 1. The Morgan fingerprint density at radius 3 is 1.49 bits per heavy atom. The minimum atomic E-state index is -1.13. The molecule has 0 radical (unpaired) electrons. The van der Waals surface area contributed by atoms with Crippen LogP contribution in [0, 0.1) is 6.92 Å². The van der Waals surface area contributed by atoms with Crippen LogP contribution in [0.1, 0.15) is 131 Å². The molecule has 2 saturated carbocycles. The molecular formula is C58H75ClN4O10. The molecule has 0 atom stereocenters. The number of nitrogens with two attached hydrogens (primary N) is 1. The van der Waals surface area contributed by atoms with Crippen molar-refractivity contribution in [2.75, 3.05) is 41.7 Å². The maximum Gasteiger partial charge on any atom is 0.330 e. The van der Waals surface area contributed by atoms with E-state index in [-0.39, 0.29) is 23.8 Å². The summed E-state index contributed by atoms with van der Waals surface area (Å²) in [6, 6.07) is 25.2. The normalized spacial score (nSPS) is 15.4. The number of esters is 2. The van der Waals surface area contributed by atoms with Gasteiger partial charge in [0.15, 0.2) is 0 Å². The molecule has 4 heterocycles. The van der Waals surface area contributed by atoms with Crippen LogP contribution in [0.3, 0.4) is 0 Å². The number of aromatic nitrogens is 2. The topological polar surface area (TPSA) is 186 Å². The Morgan fingerprint density at radius 1 is 0.616 bits per heavy atom. The summed E-state index contributed by atoms with van der Waals surface area (Å²) in [4.78, 5) is 35.8. The molecule has 10 rings (SSSR count). The zero-order chi connectivity index (χ0) is 50.6. The fourth-order valence-corrected chi connectivity index (χ4v) is 11.0. The van der Waals surface area contributed by atoms with E-state index in [0.29, 0.717) is 37.2 Å². The van der Waals surface area contributed by atoms with Gasteiger partial charge in [-0.2, -0.15) is 0 Å². The molecule has 0 unspecified atom stereocenters. The molecule has 5 N–H and O–H groups in total. The highest BCUT2D eigenvalue weighted by atomic mass is 35.5. The Kier molecular flexibility index (Phi) is 18.3. The van der Waals surface area contributed by atoms with Crippen molar-refractivity contribution in [3.63, 3.8) is 0 Å². The van der Waals surface area contributed by atoms with Crippen LogP contribution in [0.2, 0.25) is 0 Å². The Hall–Kier alpha value is -6.22. The third-order valence-corrected chi connectivity index (χ3v) is 14.5. The number of hydrogen-bond acceptors (Lipinski definition) is 10. The summed E-state index contributed by atoms with van der Waals surface area (Å²) in [5, 5.41) is 5.44. The van der Waals surface area contributed by atoms with Gasteiger partial charge in [-0.15, -0.1) is 12.4 Å². The first kappa shape index (κ1) is 56.1. The second-order valence-electron chi connectivity index (χ2n) is 20.5. The Morgan fingerprint density at radius 2 is 1.07 bits per heavy atom.